The van der Waals surface area contributed by atoms with Crippen LogP contribution in [-0.2, 0) is 19.3 Å². The Kier molecular flexibility index (Phi) is 4.23. The number of hydrogen-bond acceptors (Lipinski definition) is 3. The summed E-state index contributed by atoms with van der Waals surface area (Å²) >= 11 is 0. The Labute approximate surface area is 126 Å². The largest absolute Gasteiger partial charge is 0.497 e. The maximum atomic E-state index is 5.82. The van der Waals surface area contributed by atoms with E-state index in [0.717, 1.165) is 25.0 Å². The van der Waals surface area contributed by atoms with E-state index in [2.05, 4.69) is 41.8 Å². The molecule has 0 aliphatic heterocycles. The summed E-state index contributed by atoms with van der Waals surface area (Å²) < 4.78 is 5.29. The quantitative estimate of drug-likeness (QED) is 0.654. The van der Waals surface area contributed by atoms with Gasteiger partial charge >= 0.3 is 0 Å². The summed E-state index contributed by atoms with van der Waals surface area (Å²) in [5.41, 5.74) is 7.21. The Morgan fingerprint density at radius 2 is 1.86 bits per heavy atom. The van der Waals surface area contributed by atoms with Crippen LogP contribution >= 0.6 is 0 Å². The molecule has 3 heteroatoms. The fourth-order valence-electron chi connectivity index (χ4n) is 3.29. The topological polar surface area (TPSA) is 47.3 Å². The number of ether oxygens (including phenoxy) is 1. The first-order valence-corrected chi connectivity index (χ1v) is 7.46. The van der Waals surface area contributed by atoms with E-state index in [0.29, 0.717) is 5.92 Å². The van der Waals surface area contributed by atoms with Crippen molar-refractivity contribution in [3.63, 3.8) is 0 Å². The lowest BCUT2D eigenvalue weighted by Gasteiger charge is -2.23. The summed E-state index contributed by atoms with van der Waals surface area (Å²) in [5, 5.41) is 0. The van der Waals surface area contributed by atoms with Crippen molar-refractivity contribution in [3.8, 4) is 5.75 Å². The summed E-state index contributed by atoms with van der Waals surface area (Å²) in [7, 11) is 1.70. The normalized spacial score (nSPS) is 15.7. The van der Waals surface area contributed by atoms with E-state index in [-0.39, 0.29) is 6.04 Å². The van der Waals surface area contributed by atoms with E-state index in [9.17, 15) is 0 Å². The molecule has 0 heterocycles. The number of hydrogen-bond donors (Lipinski definition) is 2. The minimum absolute atomic E-state index is 0.282. The minimum atomic E-state index is 0.282. The molecule has 1 atom stereocenters. The van der Waals surface area contributed by atoms with E-state index >= 15 is 0 Å². The molecule has 0 fully saturated rings. The number of nitrogens with two attached hydrogens (primary N) is 1. The molecule has 21 heavy (non-hydrogen) atoms. The van der Waals surface area contributed by atoms with Crippen LogP contribution in [0.5, 0.6) is 5.75 Å². The Morgan fingerprint density at radius 3 is 2.48 bits per heavy atom. The predicted molar refractivity (Wildman–Crippen MR) is 85.1 cm³/mol. The average molecular weight is 282 g/mol. The number of fused-ring (bicyclic) bond motifs is 1. The van der Waals surface area contributed by atoms with Crippen molar-refractivity contribution in [2.24, 2.45) is 11.8 Å². The zero-order valence-electron chi connectivity index (χ0n) is 12.4. The van der Waals surface area contributed by atoms with Gasteiger partial charge in [0.1, 0.15) is 5.75 Å². The number of benzene rings is 2. The van der Waals surface area contributed by atoms with Crippen LogP contribution in [0.25, 0.3) is 0 Å². The molecule has 110 valence electrons. The summed E-state index contributed by atoms with van der Waals surface area (Å²) in [5.74, 6) is 7.28. The van der Waals surface area contributed by atoms with Gasteiger partial charge in [-0.25, -0.2) is 0 Å². The van der Waals surface area contributed by atoms with E-state index in [4.69, 9.17) is 10.6 Å². The Balaban J connectivity index is 1.72. The van der Waals surface area contributed by atoms with Gasteiger partial charge in [-0.15, -0.1) is 0 Å². The van der Waals surface area contributed by atoms with Gasteiger partial charge in [0.2, 0.25) is 0 Å². The molecule has 3 nitrogen and oxygen atoms in total. The second-order valence-corrected chi connectivity index (χ2v) is 5.77. The number of nitrogens with one attached hydrogen (secondary N) is 1. The summed E-state index contributed by atoms with van der Waals surface area (Å²) in [6.07, 6.45) is 3.14. The first-order valence-electron chi connectivity index (χ1n) is 7.46. The Morgan fingerprint density at radius 1 is 1.14 bits per heavy atom. The van der Waals surface area contributed by atoms with Crippen LogP contribution < -0.4 is 16.0 Å². The van der Waals surface area contributed by atoms with Crippen LogP contribution in [0.3, 0.4) is 0 Å². The smallest absolute Gasteiger partial charge is 0.119 e. The highest BCUT2D eigenvalue weighted by molar-refractivity contribution is 5.33. The molecule has 0 saturated heterocycles. The van der Waals surface area contributed by atoms with Gasteiger partial charge in [-0.05, 0) is 54.0 Å². The molecule has 1 aliphatic carbocycles. The molecule has 3 N–H and O–H groups in total. The van der Waals surface area contributed by atoms with Crippen molar-refractivity contribution in [1.29, 1.82) is 0 Å². The predicted octanol–water partition coefficient (Wildman–Crippen LogP) is 2.48. The molecule has 1 unspecified atom stereocenters. The molecule has 1 aliphatic rings. The summed E-state index contributed by atoms with van der Waals surface area (Å²) in [6, 6.07) is 17.2. The molecule has 0 amide bonds. The molecule has 0 saturated carbocycles. The molecular weight excluding hydrogens is 260 g/mol. The molecule has 3 rings (SSSR count). The number of rotatable bonds is 5. The van der Waals surface area contributed by atoms with Crippen molar-refractivity contribution in [1.82, 2.24) is 5.43 Å². The van der Waals surface area contributed by atoms with Gasteiger partial charge in [-0.3, -0.25) is 11.3 Å². The fourth-order valence-corrected chi connectivity index (χ4v) is 3.29. The van der Waals surface area contributed by atoms with Crippen molar-refractivity contribution in [3.05, 3.63) is 65.2 Å². The first kappa shape index (κ1) is 14.1. The zero-order valence-corrected chi connectivity index (χ0v) is 12.4. The number of methoxy groups -OCH3 is 1. The zero-order chi connectivity index (χ0) is 14.7. The monoisotopic (exact) mass is 282 g/mol. The Hall–Kier alpha value is -1.84. The van der Waals surface area contributed by atoms with Crippen LogP contribution in [-0.4, -0.2) is 13.2 Å². The van der Waals surface area contributed by atoms with Crippen molar-refractivity contribution >= 4 is 0 Å². The van der Waals surface area contributed by atoms with Gasteiger partial charge in [0, 0.05) is 6.04 Å². The van der Waals surface area contributed by atoms with Crippen LogP contribution in [0.4, 0.5) is 0 Å². The van der Waals surface area contributed by atoms with E-state index in [1.807, 2.05) is 12.1 Å². The molecule has 0 bridgehead atoms. The van der Waals surface area contributed by atoms with Crippen molar-refractivity contribution in [2.75, 3.05) is 7.11 Å². The van der Waals surface area contributed by atoms with Gasteiger partial charge < -0.3 is 4.74 Å². The van der Waals surface area contributed by atoms with Crippen molar-refractivity contribution in [2.45, 2.75) is 25.3 Å². The first-order chi connectivity index (χ1) is 10.3. The van der Waals surface area contributed by atoms with Gasteiger partial charge in [-0.2, -0.15) is 0 Å². The molecule has 0 aromatic heterocycles. The maximum Gasteiger partial charge on any atom is 0.119 e. The van der Waals surface area contributed by atoms with Gasteiger partial charge in [0.05, 0.1) is 7.11 Å². The molecule has 2 aromatic rings. The fraction of sp³-hybridized carbons (Fsp3) is 0.333. The lowest BCUT2D eigenvalue weighted by molar-refractivity contribution is 0.365. The summed E-state index contributed by atoms with van der Waals surface area (Å²) in [6.45, 7) is 0. The molecule has 0 radical (unpaired) electrons. The Bertz CT molecular complexity index is 587. The second-order valence-electron chi connectivity index (χ2n) is 5.77. The van der Waals surface area contributed by atoms with Crippen LogP contribution in [0, 0.1) is 5.92 Å². The molecular formula is C18H22N2O. The van der Waals surface area contributed by atoms with Gasteiger partial charge in [0.25, 0.3) is 0 Å². The highest BCUT2D eigenvalue weighted by Gasteiger charge is 2.27. The highest BCUT2D eigenvalue weighted by Crippen LogP contribution is 2.30. The second kappa shape index (κ2) is 6.29. The molecule has 2 aromatic carbocycles. The van der Waals surface area contributed by atoms with Crippen LogP contribution in [0.1, 0.15) is 16.7 Å². The summed E-state index contributed by atoms with van der Waals surface area (Å²) in [4.78, 5) is 0. The third-order valence-corrected chi connectivity index (χ3v) is 4.46. The number of hydrazine groups is 1. The van der Waals surface area contributed by atoms with Gasteiger partial charge in [0.15, 0.2) is 0 Å². The standard InChI is InChI=1S/C18H22N2O/c1-21-17-8-4-5-13(9-17)10-18(20-19)16-11-14-6-2-3-7-15(14)12-16/h2-9,16,18,20H,10-12,19H2,1H3. The third-order valence-electron chi connectivity index (χ3n) is 4.46. The molecule has 0 spiro atoms. The average Bonchev–Trinajstić information content (AvgIpc) is 2.96. The van der Waals surface area contributed by atoms with E-state index in [1.54, 1.807) is 7.11 Å². The van der Waals surface area contributed by atoms with Crippen LogP contribution in [0.15, 0.2) is 48.5 Å². The SMILES string of the molecule is COc1cccc(CC(NN)C2Cc3ccccc3C2)c1. The van der Waals surface area contributed by atoms with Gasteiger partial charge in [-0.1, -0.05) is 36.4 Å². The third kappa shape index (κ3) is 3.09. The highest BCUT2D eigenvalue weighted by atomic mass is 16.5. The lowest BCUT2D eigenvalue weighted by Crippen LogP contribution is -2.42. The van der Waals surface area contributed by atoms with E-state index in [1.165, 1.54) is 16.7 Å². The maximum absolute atomic E-state index is 5.82. The van der Waals surface area contributed by atoms with E-state index < -0.39 is 0 Å². The lowest BCUT2D eigenvalue weighted by atomic mass is 9.91. The van der Waals surface area contributed by atoms with Crippen molar-refractivity contribution < 1.29 is 4.74 Å². The minimum Gasteiger partial charge on any atom is -0.497 e. The van der Waals surface area contributed by atoms with Crippen LogP contribution in [0.2, 0.25) is 0 Å².